The molecule has 6 heteroatoms. The van der Waals surface area contributed by atoms with Gasteiger partial charge in [-0.3, -0.25) is 0 Å². The van der Waals surface area contributed by atoms with Crippen LogP contribution < -0.4 is 0 Å². The standard InChI is InChI=1S/C14H18BrCl2NOSi/c1-20(2,3)7-6-19-9-18-5-4-10-11(15)8-12(16)13(17)14(10)18/h4-5,8H,6-7,9H2,1-3H3. The number of nitrogens with zero attached hydrogens (tertiary/aromatic N) is 1. The first-order valence-corrected chi connectivity index (χ1v) is 11.8. The van der Waals surface area contributed by atoms with Crippen LogP contribution in [0.25, 0.3) is 10.9 Å². The Hall–Kier alpha value is -0.00312. The summed E-state index contributed by atoms with van der Waals surface area (Å²) in [5, 5.41) is 2.17. The average Bonchev–Trinajstić information content (AvgIpc) is 2.75. The van der Waals surface area contributed by atoms with Gasteiger partial charge in [0.1, 0.15) is 6.73 Å². The molecule has 0 fully saturated rings. The molecule has 20 heavy (non-hydrogen) atoms. The summed E-state index contributed by atoms with van der Waals surface area (Å²) in [6, 6.07) is 5.00. The quantitative estimate of drug-likeness (QED) is 0.343. The molecule has 0 aliphatic rings. The first-order valence-electron chi connectivity index (χ1n) is 6.50. The fourth-order valence-electron chi connectivity index (χ4n) is 1.92. The minimum atomic E-state index is -1.05. The second-order valence-corrected chi connectivity index (χ2v) is 13.3. The number of hydrogen-bond acceptors (Lipinski definition) is 1. The van der Waals surface area contributed by atoms with Crippen molar-refractivity contribution in [3.05, 3.63) is 32.8 Å². The molecule has 1 heterocycles. The van der Waals surface area contributed by atoms with E-state index in [1.54, 1.807) is 0 Å². The molecule has 0 aliphatic carbocycles. The highest BCUT2D eigenvalue weighted by Crippen LogP contribution is 2.36. The van der Waals surface area contributed by atoms with E-state index in [4.69, 9.17) is 27.9 Å². The smallest absolute Gasteiger partial charge is 0.122 e. The van der Waals surface area contributed by atoms with Gasteiger partial charge in [-0.1, -0.05) is 58.8 Å². The van der Waals surface area contributed by atoms with E-state index in [0.717, 1.165) is 28.0 Å². The molecule has 0 saturated heterocycles. The summed E-state index contributed by atoms with van der Waals surface area (Å²) in [7, 11) is -1.05. The molecule has 2 aromatic rings. The lowest BCUT2D eigenvalue weighted by atomic mass is 10.2. The summed E-state index contributed by atoms with van der Waals surface area (Å²) in [4.78, 5) is 0. The van der Waals surface area contributed by atoms with Gasteiger partial charge in [-0.15, -0.1) is 0 Å². The van der Waals surface area contributed by atoms with Gasteiger partial charge in [0, 0.05) is 30.7 Å². The van der Waals surface area contributed by atoms with Crippen LogP contribution in [0.4, 0.5) is 0 Å². The Morgan fingerprint density at radius 1 is 1.30 bits per heavy atom. The number of halogens is 3. The molecule has 110 valence electrons. The number of benzene rings is 1. The van der Waals surface area contributed by atoms with Gasteiger partial charge in [0.05, 0.1) is 15.6 Å². The Balaban J connectivity index is 2.15. The predicted molar refractivity (Wildman–Crippen MR) is 93.8 cm³/mol. The largest absolute Gasteiger partial charge is 0.361 e. The summed E-state index contributed by atoms with van der Waals surface area (Å²) >= 11 is 16.0. The lowest BCUT2D eigenvalue weighted by molar-refractivity contribution is 0.0902. The molecule has 0 aliphatic heterocycles. The molecule has 0 atom stereocenters. The third kappa shape index (κ3) is 3.80. The molecular formula is C14H18BrCl2NOSi. The van der Waals surface area contributed by atoms with E-state index in [1.807, 2.05) is 22.9 Å². The van der Waals surface area contributed by atoms with Crippen molar-refractivity contribution in [1.82, 2.24) is 4.57 Å². The summed E-state index contributed by atoms with van der Waals surface area (Å²) in [6.07, 6.45) is 1.98. The normalized spacial score (nSPS) is 12.3. The average molecular weight is 395 g/mol. The Labute approximate surface area is 139 Å². The van der Waals surface area contributed by atoms with Crippen LogP contribution in [0.5, 0.6) is 0 Å². The van der Waals surface area contributed by atoms with Crippen molar-refractivity contribution < 1.29 is 4.74 Å². The fourth-order valence-corrected chi connectivity index (χ4v) is 3.82. The van der Waals surface area contributed by atoms with E-state index in [2.05, 4.69) is 35.6 Å². The predicted octanol–water partition coefficient (Wildman–Crippen LogP) is 6.02. The highest BCUT2D eigenvalue weighted by atomic mass is 79.9. The first kappa shape index (κ1) is 16.4. The highest BCUT2D eigenvalue weighted by molar-refractivity contribution is 9.10. The van der Waals surface area contributed by atoms with Crippen molar-refractivity contribution in [2.75, 3.05) is 6.61 Å². The molecule has 2 nitrogen and oxygen atoms in total. The minimum Gasteiger partial charge on any atom is -0.361 e. The Kier molecular flexibility index (Phi) is 5.24. The van der Waals surface area contributed by atoms with E-state index in [1.165, 1.54) is 0 Å². The lowest BCUT2D eigenvalue weighted by Gasteiger charge is -2.16. The van der Waals surface area contributed by atoms with Crippen LogP contribution in [0.3, 0.4) is 0 Å². The van der Waals surface area contributed by atoms with Crippen molar-refractivity contribution in [2.45, 2.75) is 32.4 Å². The zero-order chi connectivity index (χ0) is 14.9. The van der Waals surface area contributed by atoms with Crippen molar-refractivity contribution in [3.8, 4) is 0 Å². The van der Waals surface area contributed by atoms with Crippen molar-refractivity contribution in [3.63, 3.8) is 0 Å². The van der Waals surface area contributed by atoms with Gasteiger partial charge in [-0.25, -0.2) is 0 Å². The maximum Gasteiger partial charge on any atom is 0.122 e. The zero-order valence-corrected chi connectivity index (χ0v) is 15.9. The third-order valence-electron chi connectivity index (χ3n) is 3.12. The van der Waals surface area contributed by atoms with Crippen LogP contribution in [-0.4, -0.2) is 19.2 Å². The maximum absolute atomic E-state index is 6.31. The van der Waals surface area contributed by atoms with E-state index in [0.29, 0.717) is 16.8 Å². The van der Waals surface area contributed by atoms with Gasteiger partial charge in [-0.2, -0.15) is 0 Å². The second-order valence-electron chi connectivity index (χ2n) is 6.05. The van der Waals surface area contributed by atoms with Gasteiger partial charge < -0.3 is 9.30 Å². The van der Waals surface area contributed by atoms with Gasteiger partial charge >= 0.3 is 0 Å². The van der Waals surface area contributed by atoms with E-state index < -0.39 is 8.07 Å². The van der Waals surface area contributed by atoms with Gasteiger partial charge in [0.2, 0.25) is 0 Å². The molecule has 0 amide bonds. The number of aromatic nitrogens is 1. The molecular weight excluding hydrogens is 377 g/mol. The van der Waals surface area contributed by atoms with Gasteiger partial charge in [0.25, 0.3) is 0 Å². The Morgan fingerprint density at radius 3 is 2.65 bits per heavy atom. The van der Waals surface area contributed by atoms with E-state index in [9.17, 15) is 0 Å². The van der Waals surface area contributed by atoms with E-state index in [-0.39, 0.29) is 0 Å². The molecule has 0 saturated carbocycles. The molecule has 2 rings (SSSR count). The first-order chi connectivity index (χ1) is 9.29. The Bertz CT molecular complexity index is 622. The molecule has 0 spiro atoms. The summed E-state index contributed by atoms with van der Waals surface area (Å²) < 4.78 is 8.72. The minimum absolute atomic E-state index is 0.500. The highest BCUT2D eigenvalue weighted by Gasteiger charge is 2.14. The lowest BCUT2D eigenvalue weighted by Crippen LogP contribution is -2.21. The fraction of sp³-hybridized carbons (Fsp3) is 0.429. The topological polar surface area (TPSA) is 14.2 Å². The Morgan fingerprint density at radius 2 is 2.00 bits per heavy atom. The molecule has 0 N–H and O–H groups in total. The van der Waals surface area contributed by atoms with Crippen LogP contribution in [0.2, 0.25) is 35.7 Å². The number of fused-ring (bicyclic) bond motifs is 1. The molecule has 0 radical (unpaired) electrons. The molecule has 1 aromatic heterocycles. The second kappa shape index (κ2) is 6.40. The van der Waals surface area contributed by atoms with Gasteiger partial charge in [0.15, 0.2) is 0 Å². The van der Waals surface area contributed by atoms with Crippen LogP contribution in [-0.2, 0) is 11.5 Å². The summed E-state index contributed by atoms with van der Waals surface area (Å²) in [5.74, 6) is 0. The van der Waals surface area contributed by atoms with Gasteiger partial charge in [-0.05, 0) is 18.2 Å². The molecule has 0 bridgehead atoms. The van der Waals surface area contributed by atoms with Crippen LogP contribution >= 0.6 is 39.1 Å². The van der Waals surface area contributed by atoms with Crippen LogP contribution in [0.15, 0.2) is 22.8 Å². The summed E-state index contributed by atoms with van der Waals surface area (Å²) in [5.41, 5.74) is 0.916. The van der Waals surface area contributed by atoms with Crippen molar-refractivity contribution in [1.29, 1.82) is 0 Å². The summed E-state index contributed by atoms with van der Waals surface area (Å²) in [6.45, 7) is 8.31. The van der Waals surface area contributed by atoms with E-state index >= 15 is 0 Å². The number of hydrogen-bond donors (Lipinski definition) is 0. The maximum atomic E-state index is 6.31. The van der Waals surface area contributed by atoms with Crippen molar-refractivity contribution >= 4 is 58.1 Å². The van der Waals surface area contributed by atoms with Crippen LogP contribution in [0.1, 0.15) is 0 Å². The molecule has 1 aromatic carbocycles. The third-order valence-corrected chi connectivity index (χ3v) is 6.26. The number of rotatable bonds is 5. The number of ether oxygens (including phenoxy) is 1. The van der Waals surface area contributed by atoms with Crippen molar-refractivity contribution in [2.24, 2.45) is 0 Å². The van der Waals surface area contributed by atoms with Crippen LogP contribution in [0, 0.1) is 0 Å². The SMILES string of the molecule is C[Si](C)(C)CCOCn1ccc2c(Br)cc(Cl)c(Cl)c21. The monoisotopic (exact) mass is 393 g/mol. The zero-order valence-electron chi connectivity index (χ0n) is 11.8. The molecule has 0 unspecified atom stereocenters.